The lowest BCUT2D eigenvalue weighted by atomic mass is 10.1. The monoisotopic (exact) mass is 281 g/mol. The molecule has 3 aromatic rings. The lowest BCUT2D eigenvalue weighted by Crippen LogP contribution is -2.10. The van der Waals surface area contributed by atoms with Gasteiger partial charge in [0.2, 0.25) is 0 Å². The van der Waals surface area contributed by atoms with Gasteiger partial charge in [-0.25, -0.2) is 10.8 Å². The molecule has 0 radical (unpaired) electrons. The zero-order valence-corrected chi connectivity index (χ0v) is 11.7. The van der Waals surface area contributed by atoms with Crippen LogP contribution >= 0.6 is 11.8 Å². The number of nitrogen functional groups attached to an aromatic ring is 1. The van der Waals surface area contributed by atoms with Gasteiger partial charge >= 0.3 is 0 Å². The fourth-order valence-electron chi connectivity index (χ4n) is 2.10. The zero-order valence-electron chi connectivity index (χ0n) is 10.9. The van der Waals surface area contributed by atoms with Gasteiger partial charge in [-0.3, -0.25) is 0 Å². The average molecular weight is 281 g/mol. The van der Waals surface area contributed by atoms with Gasteiger partial charge in [0.05, 0.1) is 0 Å². The molecule has 0 bridgehead atoms. The number of rotatable bonds is 4. The highest BCUT2D eigenvalue weighted by Gasteiger charge is 2.03. The third-order valence-electron chi connectivity index (χ3n) is 3.14. The first kappa shape index (κ1) is 13.0. The minimum atomic E-state index is 0.737. The number of aromatic nitrogens is 1. The zero-order chi connectivity index (χ0) is 13.8. The quantitative estimate of drug-likeness (QED) is 0.434. The second-order valence-electron chi connectivity index (χ2n) is 4.45. The molecule has 0 amide bonds. The number of benzene rings is 2. The van der Waals surface area contributed by atoms with E-state index in [0.29, 0.717) is 0 Å². The molecule has 2 aromatic carbocycles. The molecule has 0 aliphatic heterocycles. The van der Waals surface area contributed by atoms with Crippen molar-refractivity contribution in [3.8, 4) is 0 Å². The van der Waals surface area contributed by atoms with Crippen molar-refractivity contribution in [2.75, 3.05) is 5.43 Å². The second kappa shape index (κ2) is 5.94. The van der Waals surface area contributed by atoms with Crippen molar-refractivity contribution in [2.24, 2.45) is 5.84 Å². The van der Waals surface area contributed by atoms with Crippen LogP contribution in [-0.2, 0) is 5.75 Å². The molecule has 3 nitrogen and oxygen atoms in total. The highest BCUT2D eigenvalue weighted by atomic mass is 32.2. The van der Waals surface area contributed by atoms with Gasteiger partial charge in [-0.05, 0) is 29.0 Å². The van der Waals surface area contributed by atoms with Gasteiger partial charge in [0.25, 0.3) is 0 Å². The van der Waals surface area contributed by atoms with E-state index >= 15 is 0 Å². The maximum Gasteiger partial charge on any atom is 0.143 e. The van der Waals surface area contributed by atoms with Crippen LogP contribution in [0.5, 0.6) is 0 Å². The first-order valence-corrected chi connectivity index (χ1v) is 7.37. The molecule has 0 spiro atoms. The lowest BCUT2D eigenvalue weighted by Gasteiger charge is -2.07. The molecule has 0 aliphatic carbocycles. The van der Waals surface area contributed by atoms with E-state index in [2.05, 4.69) is 52.9 Å². The molecule has 0 atom stereocenters. The van der Waals surface area contributed by atoms with Crippen LogP contribution in [0.25, 0.3) is 10.8 Å². The average Bonchev–Trinajstić information content (AvgIpc) is 2.53. The Hall–Kier alpha value is -2.04. The van der Waals surface area contributed by atoms with Crippen molar-refractivity contribution >= 4 is 28.4 Å². The van der Waals surface area contributed by atoms with Crippen LogP contribution in [0.2, 0.25) is 0 Å². The number of nitrogens with two attached hydrogens (primary N) is 1. The summed E-state index contributed by atoms with van der Waals surface area (Å²) in [6.07, 6.45) is 1.74. The summed E-state index contributed by atoms with van der Waals surface area (Å²) in [4.78, 5) is 5.46. The second-order valence-corrected chi connectivity index (χ2v) is 5.50. The molecule has 0 saturated heterocycles. The molecule has 4 heteroatoms. The van der Waals surface area contributed by atoms with Crippen LogP contribution in [0.1, 0.15) is 5.56 Å². The van der Waals surface area contributed by atoms with Crippen molar-refractivity contribution in [3.63, 3.8) is 0 Å². The fraction of sp³-hybridized carbons (Fsp3) is 0.0625. The number of nitrogens with zero attached hydrogens (tertiary/aromatic N) is 1. The standard InChI is InChI=1S/C16H15N3S/c17-19-16-14(6-3-9-18-16)11-20-15-8-7-12-4-1-2-5-13(12)10-15/h1-10H,11,17H2,(H,18,19). The van der Waals surface area contributed by atoms with Gasteiger partial charge in [-0.15, -0.1) is 11.8 Å². The van der Waals surface area contributed by atoms with E-state index in [1.165, 1.54) is 15.7 Å². The molecule has 100 valence electrons. The van der Waals surface area contributed by atoms with Crippen LogP contribution in [0.3, 0.4) is 0 Å². The lowest BCUT2D eigenvalue weighted by molar-refractivity contribution is 1.18. The van der Waals surface area contributed by atoms with Crippen molar-refractivity contribution in [1.29, 1.82) is 0 Å². The van der Waals surface area contributed by atoms with Crippen LogP contribution in [0.4, 0.5) is 5.82 Å². The summed E-state index contributed by atoms with van der Waals surface area (Å²) in [6.45, 7) is 0. The highest BCUT2D eigenvalue weighted by Crippen LogP contribution is 2.28. The van der Waals surface area contributed by atoms with Crippen molar-refractivity contribution < 1.29 is 0 Å². The maximum absolute atomic E-state index is 5.47. The third-order valence-corrected chi connectivity index (χ3v) is 4.19. The van der Waals surface area contributed by atoms with Crippen molar-refractivity contribution in [3.05, 3.63) is 66.4 Å². The van der Waals surface area contributed by atoms with E-state index in [0.717, 1.165) is 17.1 Å². The first-order chi connectivity index (χ1) is 9.86. The Kier molecular flexibility index (Phi) is 3.85. The normalized spacial score (nSPS) is 10.7. The minimum Gasteiger partial charge on any atom is -0.308 e. The Morgan fingerprint density at radius 2 is 1.85 bits per heavy atom. The number of hydrogen-bond donors (Lipinski definition) is 2. The topological polar surface area (TPSA) is 50.9 Å². The molecule has 0 saturated carbocycles. The Balaban J connectivity index is 1.79. The molecule has 3 N–H and O–H groups in total. The van der Waals surface area contributed by atoms with Gasteiger partial charge in [0, 0.05) is 22.4 Å². The van der Waals surface area contributed by atoms with Gasteiger partial charge in [0.1, 0.15) is 5.82 Å². The summed E-state index contributed by atoms with van der Waals surface area (Å²) in [5, 5.41) is 2.53. The summed E-state index contributed by atoms with van der Waals surface area (Å²) >= 11 is 1.78. The molecule has 1 heterocycles. The molecule has 1 aromatic heterocycles. The van der Waals surface area contributed by atoms with E-state index in [9.17, 15) is 0 Å². The van der Waals surface area contributed by atoms with Crippen LogP contribution < -0.4 is 11.3 Å². The predicted octanol–water partition coefficient (Wildman–Crippen LogP) is 3.81. The molecular weight excluding hydrogens is 266 g/mol. The number of anilines is 1. The van der Waals surface area contributed by atoms with E-state index in [1.807, 2.05) is 12.1 Å². The van der Waals surface area contributed by atoms with E-state index in [-0.39, 0.29) is 0 Å². The molecule has 0 unspecified atom stereocenters. The number of hydrazine groups is 1. The number of hydrogen-bond acceptors (Lipinski definition) is 4. The summed E-state index contributed by atoms with van der Waals surface area (Å²) in [6, 6.07) is 18.9. The van der Waals surface area contributed by atoms with Crippen LogP contribution in [0.15, 0.2) is 65.7 Å². The van der Waals surface area contributed by atoms with Crippen molar-refractivity contribution in [2.45, 2.75) is 10.6 Å². The molecule has 0 fully saturated rings. The summed E-state index contributed by atoms with van der Waals surface area (Å²) in [7, 11) is 0. The molecular formula is C16H15N3S. The van der Waals surface area contributed by atoms with Gasteiger partial charge in [-0.1, -0.05) is 36.4 Å². The molecule has 0 aliphatic rings. The van der Waals surface area contributed by atoms with E-state index in [1.54, 1.807) is 18.0 Å². The minimum absolute atomic E-state index is 0.737. The molecule has 20 heavy (non-hydrogen) atoms. The Bertz CT molecular complexity index is 727. The SMILES string of the molecule is NNc1ncccc1CSc1ccc2ccccc2c1. The smallest absolute Gasteiger partial charge is 0.143 e. The Labute approximate surface area is 122 Å². The summed E-state index contributed by atoms with van der Waals surface area (Å²) < 4.78 is 0. The van der Waals surface area contributed by atoms with E-state index in [4.69, 9.17) is 5.84 Å². The third kappa shape index (κ3) is 2.76. The number of fused-ring (bicyclic) bond motifs is 1. The Morgan fingerprint density at radius 1 is 1.00 bits per heavy atom. The number of pyridine rings is 1. The van der Waals surface area contributed by atoms with Crippen molar-refractivity contribution in [1.82, 2.24) is 4.98 Å². The first-order valence-electron chi connectivity index (χ1n) is 6.39. The van der Waals surface area contributed by atoms with Crippen LogP contribution in [0, 0.1) is 0 Å². The largest absolute Gasteiger partial charge is 0.308 e. The number of thioether (sulfide) groups is 1. The maximum atomic E-state index is 5.47. The van der Waals surface area contributed by atoms with Gasteiger partial charge in [-0.2, -0.15) is 0 Å². The van der Waals surface area contributed by atoms with Crippen LogP contribution in [-0.4, -0.2) is 4.98 Å². The number of nitrogens with one attached hydrogen (secondary N) is 1. The fourth-order valence-corrected chi connectivity index (χ4v) is 3.03. The summed E-state index contributed by atoms with van der Waals surface area (Å²) in [5.74, 6) is 7.05. The predicted molar refractivity (Wildman–Crippen MR) is 85.6 cm³/mol. The van der Waals surface area contributed by atoms with Gasteiger partial charge in [0.15, 0.2) is 0 Å². The summed E-state index contributed by atoms with van der Waals surface area (Å²) in [5.41, 5.74) is 3.74. The van der Waals surface area contributed by atoms with Gasteiger partial charge < -0.3 is 5.43 Å². The molecule has 3 rings (SSSR count). The highest BCUT2D eigenvalue weighted by molar-refractivity contribution is 7.98. The Morgan fingerprint density at radius 3 is 2.70 bits per heavy atom. The van der Waals surface area contributed by atoms with E-state index < -0.39 is 0 Å².